The Morgan fingerprint density at radius 1 is 1.46 bits per heavy atom. The van der Waals surface area contributed by atoms with Crippen molar-refractivity contribution >= 4 is 5.91 Å². The molecular formula is C18H30N4O2. The van der Waals surface area contributed by atoms with E-state index >= 15 is 0 Å². The minimum Gasteiger partial charge on any atom is -0.392 e. The highest BCUT2D eigenvalue weighted by Gasteiger charge is 2.48. The first-order valence-electron chi connectivity index (χ1n) is 9.26. The molecule has 0 bridgehead atoms. The molecule has 2 fully saturated rings. The van der Waals surface area contributed by atoms with Crippen LogP contribution < -0.4 is 10.6 Å². The maximum Gasteiger partial charge on any atom is 0.220 e. The molecule has 3 N–H and O–H groups in total. The van der Waals surface area contributed by atoms with Gasteiger partial charge in [0.25, 0.3) is 0 Å². The van der Waals surface area contributed by atoms with Gasteiger partial charge in [-0.1, -0.05) is 19.8 Å². The summed E-state index contributed by atoms with van der Waals surface area (Å²) in [7, 11) is 0. The van der Waals surface area contributed by atoms with Crippen LogP contribution in [-0.4, -0.2) is 45.5 Å². The van der Waals surface area contributed by atoms with E-state index in [1.165, 1.54) is 6.42 Å². The fourth-order valence-corrected chi connectivity index (χ4v) is 4.30. The van der Waals surface area contributed by atoms with Crippen molar-refractivity contribution in [3.8, 4) is 0 Å². The lowest BCUT2D eigenvalue weighted by Crippen LogP contribution is -2.43. The smallest absolute Gasteiger partial charge is 0.220 e. The Kier molecular flexibility index (Phi) is 5.56. The van der Waals surface area contributed by atoms with Gasteiger partial charge in [-0.25, -0.2) is 0 Å². The van der Waals surface area contributed by atoms with Gasteiger partial charge in [-0.2, -0.15) is 5.10 Å². The molecule has 1 aromatic rings. The van der Waals surface area contributed by atoms with E-state index in [-0.39, 0.29) is 23.5 Å². The van der Waals surface area contributed by atoms with Crippen LogP contribution in [0, 0.1) is 5.41 Å². The number of carbonyl (C=O) groups excluding carboxylic acids is 1. The first-order chi connectivity index (χ1) is 11.6. The highest BCUT2D eigenvalue weighted by molar-refractivity contribution is 5.75. The molecule has 0 spiro atoms. The Labute approximate surface area is 144 Å². The van der Waals surface area contributed by atoms with Crippen LogP contribution in [0.5, 0.6) is 0 Å². The Bertz CT molecular complexity index is 533. The number of nitrogens with one attached hydrogen (secondary N) is 2. The number of aryl methyl sites for hydroxylation is 1. The average molecular weight is 334 g/mol. The molecule has 0 aromatic carbocycles. The van der Waals surface area contributed by atoms with E-state index < -0.39 is 0 Å². The standard InChI is InChI=1S/C18H30N4O2/c1-18-12-14(21-15(18)6-2-3-7-16(18)23)13-19-17(24)8-4-10-22-11-5-9-20-22/h5,9,11,14-16,21,23H,2-4,6-8,10,12-13H2,1H3,(H,19,24)/t14-,15-,16+,18-/m1/s1. The maximum atomic E-state index is 12.0. The second-order valence-electron chi connectivity index (χ2n) is 7.60. The lowest BCUT2D eigenvalue weighted by Gasteiger charge is -2.33. The lowest BCUT2D eigenvalue weighted by atomic mass is 9.75. The summed E-state index contributed by atoms with van der Waals surface area (Å²) in [5.74, 6) is 0.0988. The van der Waals surface area contributed by atoms with Crippen molar-refractivity contribution in [2.24, 2.45) is 5.41 Å². The highest BCUT2D eigenvalue weighted by Crippen LogP contribution is 2.43. The minimum absolute atomic E-state index is 0.0496. The zero-order valence-electron chi connectivity index (χ0n) is 14.6. The largest absolute Gasteiger partial charge is 0.392 e. The summed E-state index contributed by atoms with van der Waals surface area (Å²) in [5.41, 5.74) is -0.0496. The average Bonchev–Trinajstić information content (AvgIpc) is 3.15. The van der Waals surface area contributed by atoms with Crippen LogP contribution >= 0.6 is 0 Å². The number of hydrogen-bond acceptors (Lipinski definition) is 4. The molecule has 0 radical (unpaired) electrons. The summed E-state index contributed by atoms with van der Waals surface area (Å²) >= 11 is 0. The number of nitrogens with zero attached hydrogens (tertiary/aromatic N) is 2. The van der Waals surface area contributed by atoms with Gasteiger partial charge in [-0.05, 0) is 31.7 Å². The molecule has 1 amide bonds. The molecule has 2 aliphatic rings. The van der Waals surface area contributed by atoms with Crippen LogP contribution in [0.2, 0.25) is 0 Å². The second kappa shape index (κ2) is 7.66. The van der Waals surface area contributed by atoms with Crippen LogP contribution in [0.4, 0.5) is 0 Å². The molecule has 1 aliphatic carbocycles. The highest BCUT2D eigenvalue weighted by atomic mass is 16.3. The van der Waals surface area contributed by atoms with Gasteiger partial charge in [0.1, 0.15) is 0 Å². The molecule has 1 aliphatic heterocycles. The lowest BCUT2D eigenvalue weighted by molar-refractivity contribution is -0.121. The van der Waals surface area contributed by atoms with Crippen LogP contribution in [0.1, 0.15) is 51.9 Å². The third-order valence-corrected chi connectivity index (χ3v) is 5.80. The Balaban J connectivity index is 1.40. The molecule has 1 saturated heterocycles. The fourth-order valence-electron chi connectivity index (χ4n) is 4.30. The predicted molar refractivity (Wildman–Crippen MR) is 92.4 cm³/mol. The molecule has 1 saturated carbocycles. The summed E-state index contributed by atoms with van der Waals surface area (Å²) in [6, 6.07) is 2.53. The second-order valence-corrected chi connectivity index (χ2v) is 7.60. The number of aliphatic hydroxyl groups excluding tert-OH is 1. The zero-order chi connectivity index (χ0) is 17.0. The summed E-state index contributed by atoms with van der Waals surface area (Å²) in [4.78, 5) is 12.0. The third kappa shape index (κ3) is 3.98. The van der Waals surface area contributed by atoms with Crippen LogP contribution in [0.3, 0.4) is 0 Å². The van der Waals surface area contributed by atoms with Gasteiger partial charge in [0.05, 0.1) is 6.10 Å². The van der Waals surface area contributed by atoms with E-state index in [9.17, 15) is 9.90 Å². The normalized spacial score (nSPS) is 33.0. The van der Waals surface area contributed by atoms with E-state index in [0.29, 0.717) is 19.0 Å². The van der Waals surface area contributed by atoms with E-state index in [1.807, 2.05) is 16.9 Å². The fraction of sp³-hybridized carbons (Fsp3) is 0.778. The van der Waals surface area contributed by atoms with Crippen LogP contribution in [0.25, 0.3) is 0 Å². The molecule has 4 atom stereocenters. The summed E-state index contributed by atoms with van der Waals surface area (Å²) < 4.78 is 1.85. The number of carbonyl (C=O) groups is 1. The quantitative estimate of drug-likeness (QED) is 0.736. The van der Waals surface area contributed by atoms with Crippen molar-refractivity contribution in [3.63, 3.8) is 0 Å². The van der Waals surface area contributed by atoms with Gasteiger partial charge >= 0.3 is 0 Å². The molecule has 24 heavy (non-hydrogen) atoms. The Morgan fingerprint density at radius 3 is 3.08 bits per heavy atom. The van der Waals surface area contributed by atoms with Gasteiger partial charge in [0.2, 0.25) is 5.91 Å². The van der Waals surface area contributed by atoms with E-state index in [2.05, 4.69) is 22.7 Å². The maximum absolute atomic E-state index is 12.0. The van der Waals surface area contributed by atoms with E-state index in [4.69, 9.17) is 0 Å². The van der Waals surface area contributed by atoms with Gasteiger partial charge in [-0.15, -0.1) is 0 Å². The monoisotopic (exact) mass is 334 g/mol. The van der Waals surface area contributed by atoms with Gasteiger partial charge in [-0.3, -0.25) is 9.48 Å². The molecule has 6 heteroatoms. The van der Waals surface area contributed by atoms with Crippen molar-refractivity contribution < 1.29 is 9.90 Å². The van der Waals surface area contributed by atoms with Gasteiger partial charge < -0.3 is 15.7 Å². The van der Waals surface area contributed by atoms with Crippen LogP contribution in [-0.2, 0) is 11.3 Å². The SMILES string of the molecule is C[C@@]12C[C@H](CNC(=O)CCCn3cccn3)N[C@@H]1CCCC[C@@H]2O. The molecule has 2 heterocycles. The molecule has 134 valence electrons. The molecule has 1 aromatic heterocycles. The van der Waals surface area contributed by atoms with Crippen molar-refractivity contribution in [1.82, 2.24) is 20.4 Å². The van der Waals surface area contributed by atoms with E-state index in [0.717, 1.165) is 38.6 Å². The molecule has 0 unspecified atom stereocenters. The number of fused-ring (bicyclic) bond motifs is 1. The minimum atomic E-state index is -0.229. The van der Waals surface area contributed by atoms with Gasteiger partial charge in [0.15, 0.2) is 0 Å². The van der Waals surface area contributed by atoms with Crippen LogP contribution in [0.15, 0.2) is 18.5 Å². The molecule has 3 rings (SSSR count). The van der Waals surface area contributed by atoms with E-state index in [1.54, 1.807) is 6.20 Å². The number of rotatable bonds is 6. The van der Waals surface area contributed by atoms with Crippen molar-refractivity contribution in [2.45, 2.75) is 76.6 Å². The number of hydrogen-bond donors (Lipinski definition) is 3. The third-order valence-electron chi connectivity index (χ3n) is 5.80. The number of aromatic nitrogens is 2. The number of aliphatic hydroxyl groups is 1. The topological polar surface area (TPSA) is 79.2 Å². The Hall–Kier alpha value is -1.40. The predicted octanol–water partition coefficient (Wildman–Crippen LogP) is 1.45. The zero-order valence-corrected chi connectivity index (χ0v) is 14.6. The first-order valence-corrected chi connectivity index (χ1v) is 9.26. The summed E-state index contributed by atoms with van der Waals surface area (Å²) in [6.45, 7) is 3.63. The molecular weight excluding hydrogens is 304 g/mol. The van der Waals surface area contributed by atoms with Crippen molar-refractivity contribution in [1.29, 1.82) is 0 Å². The van der Waals surface area contributed by atoms with Crippen molar-refractivity contribution in [2.75, 3.05) is 6.54 Å². The number of amides is 1. The first kappa shape index (κ1) is 17.4. The van der Waals surface area contributed by atoms with Crippen molar-refractivity contribution in [3.05, 3.63) is 18.5 Å². The van der Waals surface area contributed by atoms with Gasteiger partial charge in [0, 0.05) is 49.4 Å². The Morgan fingerprint density at radius 2 is 2.29 bits per heavy atom. The summed E-state index contributed by atoms with van der Waals surface area (Å²) in [5, 5.41) is 21.3. The molecule has 6 nitrogen and oxygen atoms in total. The summed E-state index contributed by atoms with van der Waals surface area (Å²) in [6.07, 6.45) is 10.0.